The first-order valence-electron chi connectivity index (χ1n) is 12.5. The lowest BCUT2D eigenvalue weighted by molar-refractivity contribution is -0.163. The Bertz CT molecular complexity index is 1500. The molecular weight excluding hydrogens is 569 g/mol. The van der Waals surface area contributed by atoms with E-state index in [1.165, 1.54) is 26.0 Å². The summed E-state index contributed by atoms with van der Waals surface area (Å²) in [7, 11) is -1.47. The number of aliphatic hydroxyl groups is 2. The molecule has 18 nitrogen and oxygen atoms in total. The number of hydrogen-bond donors (Lipinski definition) is 4. The fraction of sp³-hybridized carbons (Fsp3) is 0.591. The molecule has 2 aliphatic heterocycles. The van der Waals surface area contributed by atoms with Crippen molar-refractivity contribution in [2.45, 2.75) is 42.8 Å². The fourth-order valence-electron chi connectivity index (χ4n) is 4.78. The van der Waals surface area contributed by atoms with Gasteiger partial charge in [-0.15, -0.1) is 9.05 Å². The molecule has 0 radical (unpaired) electrons. The molecule has 2 saturated heterocycles. The second-order valence-electron chi connectivity index (χ2n) is 9.26. The molecule has 2 aliphatic rings. The zero-order chi connectivity index (χ0) is 29.1. The van der Waals surface area contributed by atoms with Crippen molar-refractivity contribution in [1.29, 1.82) is 0 Å². The van der Waals surface area contributed by atoms with Crippen LogP contribution in [0.25, 0.3) is 11.2 Å². The maximum Gasteiger partial charge on any atom is 0.698 e. The number of aliphatic hydroxyl groups excluding tert-OH is 2. The monoisotopic (exact) mass is 598 g/mol. The topological polar surface area (TPSA) is 237 Å². The summed E-state index contributed by atoms with van der Waals surface area (Å²) in [5.74, 6) is 0.199. The second-order valence-corrected chi connectivity index (χ2v) is 10.2. The van der Waals surface area contributed by atoms with Crippen LogP contribution in [0.3, 0.4) is 0 Å². The zero-order valence-corrected chi connectivity index (χ0v) is 22.7. The number of nitrogen functional groups attached to an aromatic ring is 1. The van der Waals surface area contributed by atoms with Crippen molar-refractivity contribution in [3.63, 3.8) is 0 Å². The second kappa shape index (κ2) is 12.4. The number of H-pyrrole nitrogens is 1. The van der Waals surface area contributed by atoms with E-state index >= 15 is 0 Å². The minimum absolute atomic E-state index is 0.0376. The molecule has 0 amide bonds. The summed E-state index contributed by atoms with van der Waals surface area (Å²) in [4.78, 5) is 38.8. The van der Waals surface area contributed by atoms with E-state index in [0.29, 0.717) is 11.2 Å². The number of nitrogens with zero attached hydrogens (tertiary/aromatic N) is 5. The Hall–Kier alpha value is -3.19. The summed E-state index contributed by atoms with van der Waals surface area (Å²) in [5.41, 5.74) is 3.43. The first kappa shape index (κ1) is 29.3. The Labute approximate surface area is 231 Å². The number of anilines is 1. The van der Waals surface area contributed by atoms with Gasteiger partial charge >= 0.3 is 13.9 Å². The van der Waals surface area contributed by atoms with Gasteiger partial charge in [-0.25, -0.2) is 19.7 Å². The van der Waals surface area contributed by atoms with Gasteiger partial charge in [0.2, 0.25) is 5.72 Å². The van der Waals surface area contributed by atoms with E-state index in [1.54, 1.807) is 4.57 Å². The highest BCUT2D eigenvalue weighted by Crippen LogP contribution is 2.41. The van der Waals surface area contributed by atoms with Crippen LogP contribution in [0.5, 0.6) is 0 Å². The number of fused-ring (bicyclic) bond motifs is 1. The average Bonchev–Trinajstić information content (AvgIpc) is 3.64. The number of rotatable bonds is 12. The van der Waals surface area contributed by atoms with Gasteiger partial charge in [0.1, 0.15) is 36.9 Å². The summed E-state index contributed by atoms with van der Waals surface area (Å²) in [5, 5.41) is 20.5. The van der Waals surface area contributed by atoms with E-state index in [2.05, 4.69) is 19.9 Å². The fourth-order valence-corrected chi connectivity index (χ4v) is 5.59. The van der Waals surface area contributed by atoms with Gasteiger partial charge in [0.15, 0.2) is 17.6 Å². The van der Waals surface area contributed by atoms with Gasteiger partial charge in [0.05, 0.1) is 38.9 Å². The average molecular weight is 598 g/mol. The van der Waals surface area contributed by atoms with Crippen molar-refractivity contribution in [3.8, 4) is 0 Å². The van der Waals surface area contributed by atoms with E-state index in [4.69, 9.17) is 33.7 Å². The lowest BCUT2D eigenvalue weighted by Crippen LogP contribution is -2.55. The van der Waals surface area contributed by atoms with Gasteiger partial charge in [-0.2, -0.15) is 0 Å². The molecule has 5 rings (SSSR count). The van der Waals surface area contributed by atoms with Crippen LogP contribution in [0.1, 0.15) is 12.6 Å². The molecule has 3 aromatic rings. The molecule has 2 fully saturated rings. The van der Waals surface area contributed by atoms with Crippen LogP contribution in [-0.4, -0.2) is 104 Å². The standard InChI is InChI=1S/C22H28N7O11P/c1-35-4-5-37-22(29-3-2-15(32)27-21(29)33)9-36-13(7-30)18(22)40-41(34)38-8-14-12(31)6-16(39-14)28-11-26-17-19(23)24-10-25-20(17)28/h2-3,10-14,16,18,30-31H,4-9H2,1H3,(H2-,23,24,25,27,32,33)/p+1/t12-,13+,14+,16+,18+,22+/m0/s1. The number of methoxy groups -OCH3 is 1. The van der Waals surface area contributed by atoms with Gasteiger partial charge in [-0.3, -0.25) is 18.9 Å². The molecule has 0 aliphatic carbocycles. The Morgan fingerprint density at radius 2 is 2.10 bits per heavy atom. The molecule has 7 atom stereocenters. The molecule has 222 valence electrons. The highest BCUT2D eigenvalue weighted by atomic mass is 31.1. The first-order valence-corrected chi connectivity index (χ1v) is 13.6. The van der Waals surface area contributed by atoms with Crippen molar-refractivity contribution >= 4 is 25.2 Å². The third-order valence-electron chi connectivity index (χ3n) is 6.78. The van der Waals surface area contributed by atoms with Crippen LogP contribution < -0.4 is 17.0 Å². The normalized spacial score (nSPS) is 28.5. The molecule has 5 N–H and O–H groups in total. The van der Waals surface area contributed by atoms with Crippen molar-refractivity contribution in [3.05, 3.63) is 45.8 Å². The van der Waals surface area contributed by atoms with Gasteiger partial charge in [0.25, 0.3) is 5.56 Å². The molecule has 5 heterocycles. The maximum absolute atomic E-state index is 13.0. The third-order valence-corrected chi connectivity index (χ3v) is 7.54. The van der Waals surface area contributed by atoms with Crippen LogP contribution >= 0.6 is 8.25 Å². The van der Waals surface area contributed by atoms with Crippen molar-refractivity contribution in [2.24, 2.45) is 0 Å². The van der Waals surface area contributed by atoms with Crippen LogP contribution in [0.4, 0.5) is 5.82 Å². The van der Waals surface area contributed by atoms with E-state index in [1.807, 2.05) is 0 Å². The van der Waals surface area contributed by atoms with Gasteiger partial charge < -0.3 is 34.9 Å². The Kier molecular flexibility index (Phi) is 8.83. The minimum Gasteiger partial charge on any atom is -0.394 e. The van der Waals surface area contributed by atoms with Crippen LogP contribution in [0.15, 0.2) is 34.5 Å². The number of aromatic amines is 1. The van der Waals surface area contributed by atoms with Crippen LogP contribution in [-0.2, 0) is 38.3 Å². The molecule has 41 heavy (non-hydrogen) atoms. The van der Waals surface area contributed by atoms with E-state index in [-0.39, 0.29) is 38.7 Å². The van der Waals surface area contributed by atoms with Crippen LogP contribution in [0.2, 0.25) is 0 Å². The molecular formula is C22H29N7O11P+. The molecule has 0 saturated carbocycles. The summed E-state index contributed by atoms with van der Waals surface area (Å²) in [6.07, 6.45) is -0.825. The number of hydrogen-bond acceptors (Lipinski definition) is 15. The molecule has 19 heteroatoms. The van der Waals surface area contributed by atoms with E-state index < -0.39 is 62.5 Å². The number of aromatic nitrogens is 6. The summed E-state index contributed by atoms with van der Waals surface area (Å²) in [6.45, 7) is -1.10. The summed E-state index contributed by atoms with van der Waals surface area (Å²) in [6, 6.07) is 1.10. The van der Waals surface area contributed by atoms with Crippen molar-refractivity contribution < 1.29 is 42.8 Å². The lowest BCUT2D eigenvalue weighted by atomic mass is 10.1. The predicted octanol–water partition coefficient (Wildman–Crippen LogP) is -1.63. The number of nitrogens with one attached hydrogen (secondary N) is 1. The highest BCUT2D eigenvalue weighted by Gasteiger charge is 2.58. The van der Waals surface area contributed by atoms with Gasteiger partial charge in [0, 0.05) is 30.4 Å². The molecule has 0 bridgehead atoms. The molecule has 0 spiro atoms. The number of imidazole rings is 1. The van der Waals surface area contributed by atoms with Crippen molar-refractivity contribution in [1.82, 2.24) is 29.1 Å². The van der Waals surface area contributed by atoms with Gasteiger partial charge in [-0.1, -0.05) is 0 Å². The number of nitrogens with two attached hydrogens (primary N) is 1. The Morgan fingerprint density at radius 1 is 1.27 bits per heavy atom. The van der Waals surface area contributed by atoms with E-state index in [0.717, 1.165) is 10.6 Å². The smallest absolute Gasteiger partial charge is 0.394 e. The Morgan fingerprint density at radius 3 is 2.85 bits per heavy atom. The SMILES string of the molecule is COCCO[C@]1(n2ccc(=O)[nH]c2=O)CO[C@H](CO)[C@H]1O[P+](=O)OC[C@H]1O[C@@H](n2cnc3c(N)ncnc32)C[C@@H]1O. The van der Waals surface area contributed by atoms with Crippen LogP contribution in [0, 0.1) is 0 Å². The largest absolute Gasteiger partial charge is 0.698 e. The molecule has 1 unspecified atom stereocenters. The third kappa shape index (κ3) is 5.78. The highest BCUT2D eigenvalue weighted by molar-refractivity contribution is 7.33. The summed E-state index contributed by atoms with van der Waals surface area (Å²) < 4.78 is 49.2. The minimum atomic E-state index is -2.92. The predicted molar refractivity (Wildman–Crippen MR) is 137 cm³/mol. The quantitative estimate of drug-likeness (QED) is 0.135. The van der Waals surface area contributed by atoms with Gasteiger partial charge in [-0.05, 0) is 0 Å². The zero-order valence-electron chi connectivity index (χ0n) is 21.8. The first-order chi connectivity index (χ1) is 19.8. The van der Waals surface area contributed by atoms with Crippen molar-refractivity contribution in [2.75, 3.05) is 45.9 Å². The molecule has 3 aromatic heterocycles. The maximum atomic E-state index is 13.0. The lowest BCUT2D eigenvalue weighted by Gasteiger charge is -2.33. The summed E-state index contributed by atoms with van der Waals surface area (Å²) >= 11 is 0. The number of ether oxygens (including phenoxy) is 4. The Balaban J connectivity index is 1.29. The van der Waals surface area contributed by atoms with E-state index in [9.17, 15) is 24.4 Å². The molecule has 0 aromatic carbocycles.